The smallest absolute Gasteiger partial charge is 0.416 e. The number of hydrogen-bond acceptors (Lipinski definition) is 3. The number of halogens is 4. The molecule has 0 fully saturated rings. The van der Waals surface area contributed by atoms with Gasteiger partial charge in [0.05, 0.1) is 18.7 Å². The standard InChI is InChI=1S/C20H24ClF3N2O3/c1-2-3-10-29-18-12-16(6-4-5-7-19(27)28)26(25-18)13-14-8-9-15(11-17(14)21)20(22,23)24/h8-9,11-12H,2-7,10,13H2,1H3,(H,27,28). The van der Waals surface area contributed by atoms with E-state index >= 15 is 0 Å². The zero-order valence-electron chi connectivity index (χ0n) is 16.1. The summed E-state index contributed by atoms with van der Waals surface area (Å²) in [5, 5.41) is 13.2. The second-order valence-corrected chi connectivity index (χ2v) is 7.15. The van der Waals surface area contributed by atoms with Crippen molar-refractivity contribution in [3.63, 3.8) is 0 Å². The molecule has 0 unspecified atom stereocenters. The number of nitrogens with zero attached hydrogens (tertiary/aromatic N) is 2. The van der Waals surface area contributed by atoms with Crippen molar-refractivity contribution in [1.82, 2.24) is 9.78 Å². The third-order valence-electron chi connectivity index (χ3n) is 4.36. The highest BCUT2D eigenvalue weighted by Gasteiger charge is 2.30. The zero-order chi connectivity index (χ0) is 21.4. The molecular formula is C20H24ClF3N2O3. The highest BCUT2D eigenvalue weighted by atomic mass is 35.5. The molecule has 1 aromatic carbocycles. The van der Waals surface area contributed by atoms with Crippen molar-refractivity contribution in [1.29, 1.82) is 0 Å². The minimum absolute atomic E-state index is 0.0144. The maximum atomic E-state index is 12.8. The number of aliphatic carboxylic acids is 1. The molecular weight excluding hydrogens is 409 g/mol. The van der Waals surface area contributed by atoms with Crippen LogP contribution < -0.4 is 4.74 Å². The Hall–Kier alpha value is -2.22. The van der Waals surface area contributed by atoms with Crippen molar-refractivity contribution in [2.45, 2.75) is 58.2 Å². The Balaban J connectivity index is 2.16. The lowest BCUT2D eigenvalue weighted by molar-refractivity contribution is -0.138. The molecule has 2 rings (SSSR count). The van der Waals surface area contributed by atoms with Crippen molar-refractivity contribution >= 4 is 17.6 Å². The number of carboxylic acids is 1. The molecule has 0 saturated carbocycles. The Bertz CT molecular complexity index is 822. The molecule has 0 bridgehead atoms. The van der Waals surface area contributed by atoms with Crippen LogP contribution in [0.3, 0.4) is 0 Å². The highest BCUT2D eigenvalue weighted by Crippen LogP contribution is 2.32. The molecule has 1 N–H and O–H groups in total. The van der Waals surface area contributed by atoms with Gasteiger partial charge in [0.1, 0.15) is 0 Å². The molecule has 29 heavy (non-hydrogen) atoms. The van der Waals surface area contributed by atoms with E-state index in [1.54, 1.807) is 10.7 Å². The summed E-state index contributed by atoms with van der Waals surface area (Å²) in [6, 6.07) is 5.04. The van der Waals surface area contributed by atoms with Gasteiger partial charge in [0.15, 0.2) is 0 Å². The van der Waals surface area contributed by atoms with Crippen molar-refractivity contribution in [3.8, 4) is 5.88 Å². The van der Waals surface area contributed by atoms with Gasteiger partial charge in [0.25, 0.3) is 0 Å². The van der Waals surface area contributed by atoms with Gasteiger partial charge in [-0.2, -0.15) is 13.2 Å². The van der Waals surface area contributed by atoms with Crippen LogP contribution in [0, 0.1) is 0 Å². The normalized spacial score (nSPS) is 11.6. The Morgan fingerprint density at radius 3 is 2.62 bits per heavy atom. The molecule has 5 nitrogen and oxygen atoms in total. The molecule has 1 heterocycles. The molecule has 9 heteroatoms. The summed E-state index contributed by atoms with van der Waals surface area (Å²) in [6.45, 7) is 2.76. The summed E-state index contributed by atoms with van der Waals surface area (Å²) < 4.78 is 45.8. The Kier molecular flexibility index (Phi) is 8.37. The number of unbranched alkanes of at least 4 members (excludes halogenated alkanes) is 2. The van der Waals surface area contributed by atoms with Gasteiger partial charge in [0.2, 0.25) is 5.88 Å². The number of hydrogen-bond donors (Lipinski definition) is 1. The summed E-state index contributed by atoms with van der Waals surface area (Å²) in [6.07, 6.45) is -0.770. The average Bonchev–Trinajstić information content (AvgIpc) is 3.01. The van der Waals surface area contributed by atoms with Crippen molar-refractivity contribution < 1.29 is 27.8 Å². The predicted octanol–water partition coefficient (Wildman–Crippen LogP) is 5.58. The largest absolute Gasteiger partial charge is 0.481 e. The summed E-state index contributed by atoms with van der Waals surface area (Å²) in [5.41, 5.74) is 0.525. The van der Waals surface area contributed by atoms with Crippen LogP contribution in [0.1, 0.15) is 55.8 Å². The molecule has 0 saturated heterocycles. The van der Waals surface area contributed by atoms with Crippen LogP contribution in [-0.2, 0) is 23.9 Å². The molecule has 0 radical (unpaired) electrons. The van der Waals surface area contributed by atoms with E-state index < -0.39 is 17.7 Å². The summed E-state index contributed by atoms with van der Waals surface area (Å²) in [7, 11) is 0. The topological polar surface area (TPSA) is 64.3 Å². The molecule has 0 spiro atoms. The van der Waals surface area contributed by atoms with Crippen LogP contribution in [-0.4, -0.2) is 27.5 Å². The maximum Gasteiger partial charge on any atom is 0.416 e. The number of rotatable bonds is 11. The van der Waals surface area contributed by atoms with E-state index in [1.807, 2.05) is 6.92 Å². The molecule has 160 valence electrons. The van der Waals surface area contributed by atoms with E-state index in [1.165, 1.54) is 6.07 Å². The fourth-order valence-corrected chi connectivity index (χ4v) is 2.99. The number of benzene rings is 1. The molecule has 1 aromatic heterocycles. The van der Waals surface area contributed by atoms with Crippen LogP contribution in [0.5, 0.6) is 5.88 Å². The second kappa shape index (κ2) is 10.5. The van der Waals surface area contributed by atoms with Gasteiger partial charge in [0, 0.05) is 23.2 Å². The minimum atomic E-state index is -4.45. The Labute approximate surface area is 172 Å². The van der Waals surface area contributed by atoms with Gasteiger partial charge in [-0.05, 0) is 43.4 Å². The molecule has 0 amide bonds. The maximum absolute atomic E-state index is 12.8. The van der Waals surface area contributed by atoms with Crippen molar-refractivity contribution in [2.24, 2.45) is 0 Å². The first-order valence-corrected chi connectivity index (χ1v) is 9.85. The van der Waals surface area contributed by atoms with E-state index in [2.05, 4.69) is 5.10 Å². The van der Waals surface area contributed by atoms with Crippen molar-refractivity contribution in [3.05, 3.63) is 46.1 Å². The first-order valence-electron chi connectivity index (χ1n) is 9.47. The second-order valence-electron chi connectivity index (χ2n) is 6.74. The number of aromatic nitrogens is 2. The first kappa shape index (κ1) is 23.1. The van der Waals surface area contributed by atoms with Crippen LogP contribution in [0.25, 0.3) is 0 Å². The number of alkyl halides is 3. The van der Waals surface area contributed by atoms with Gasteiger partial charge >= 0.3 is 12.1 Å². The zero-order valence-corrected chi connectivity index (χ0v) is 16.9. The number of carbonyl (C=O) groups is 1. The third-order valence-corrected chi connectivity index (χ3v) is 4.71. The van der Waals surface area contributed by atoms with Gasteiger partial charge in [-0.3, -0.25) is 9.48 Å². The quantitative estimate of drug-likeness (QED) is 0.471. The van der Waals surface area contributed by atoms with Crippen LogP contribution in [0.15, 0.2) is 24.3 Å². The highest BCUT2D eigenvalue weighted by molar-refractivity contribution is 6.31. The SMILES string of the molecule is CCCCOc1cc(CCCCC(=O)O)n(Cc2ccc(C(F)(F)F)cc2Cl)n1. The lowest BCUT2D eigenvalue weighted by Crippen LogP contribution is -2.09. The van der Waals surface area contributed by atoms with Gasteiger partial charge < -0.3 is 9.84 Å². The number of carboxylic acid groups (broad SMARTS) is 1. The monoisotopic (exact) mass is 432 g/mol. The van der Waals surface area contributed by atoms with E-state index in [9.17, 15) is 18.0 Å². The predicted molar refractivity (Wildman–Crippen MR) is 103 cm³/mol. The average molecular weight is 433 g/mol. The van der Waals surface area contributed by atoms with Crippen LogP contribution in [0.2, 0.25) is 5.02 Å². The lowest BCUT2D eigenvalue weighted by atomic mass is 10.1. The summed E-state index contributed by atoms with van der Waals surface area (Å²) in [5.74, 6) is -0.409. The van der Waals surface area contributed by atoms with Gasteiger partial charge in [-0.25, -0.2) is 0 Å². The number of ether oxygens (including phenoxy) is 1. The molecule has 0 aliphatic rings. The van der Waals surface area contributed by atoms with E-state index in [4.69, 9.17) is 21.4 Å². The first-order chi connectivity index (χ1) is 13.7. The van der Waals surface area contributed by atoms with Crippen molar-refractivity contribution in [2.75, 3.05) is 6.61 Å². The molecule has 0 aliphatic heterocycles. The molecule has 0 aliphatic carbocycles. The number of aryl methyl sites for hydroxylation is 1. The summed E-state index contributed by atoms with van der Waals surface area (Å²) >= 11 is 6.07. The fourth-order valence-electron chi connectivity index (χ4n) is 2.75. The van der Waals surface area contributed by atoms with Crippen LogP contribution >= 0.6 is 11.6 Å². The van der Waals surface area contributed by atoms with E-state index in [0.29, 0.717) is 37.3 Å². The van der Waals surface area contributed by atoms with E-state index in [-0.39, 0.29) is 18.0 Å². The Morgan fingerprint density at radius 1 is 1.24 bits per heavy atom. The third kappa shape index (κ3) is 7.27. The molecule has 2 aromatic rings. The summed E-state index contributed by atoms with van der Waals surface area (Å²) in [4.78, 5) is 10.7. The minimum Gasteiger partial charge on any atom is -0.481 e. The van der Waals surface area contributed by atoms with Crippen LogP contribution in [0.4, 0.5) is 13.2 Å². The molecule has 0 atom stereocenters. The lowest BCUT2D eigenvalue weighted by Gasteiger charge is -2.12. The van der Waals surface area contributed by atoms with Gasteiger partial charge in [-0.1, -0.05) is 31.0 Å². The Morgan fingerprint density at radius 2 is 2.00 bits per heavy atom. The van der Waals surface area contributed by atoms with Gasteiger partial charge in [-0.15, -0.1) is 5.10 Å². The van der Waals surface area contributed by atoms with E-state index in [0.717, 1.165) is 30.7 Å². The fraction of sp³-hybridized carbons (Fsp3) is 0.500.